The monoisotopic (exact) mass is 452 g/mol. The van der Waals surface area contributed by atoms with Crippen molar-refractivity contribution in [3.05, 3.63) is 46.5 Å². The second kappa shape index (κ2) is 9.72. The van der Waals surface area contributed by atoms with Gasteiger partial charge in [0.25, 0.3) is 11.4 Å². The van der Waals surface area contributed by atoms with Gasteiger partial charge in [0, 0.05) is 43.9 Å². The highest BCUT2D eigenvalue weighted by Crippen LogP contribution is 2.26. The first kappa shape index (κ1) is 21.6. The number of nitrogens with one attached hydrogen (secondary N) is 1. The van der Waals surface area contributed by atoms with Crippen LogP contribution in [0.2, 0.25) is 0 Å². The van der Waals surface area contributed by atoms with Crippen LogP contribution >= 0.6 is 0 Å². The molecule has 10 nitrogen and oxygen atoms in total. The summed E-state index contributed by atoms with van der Waals surface area (Å²) in [6.07, 6.45) is 3.75. The van der Waals surface area contributed by atoms with Crippen LogP contribution in [0.4, 0.5) is 0 Å². The van der Waals surface area contributed by atoms with Crippen LogP contribution in [0.15, 0.2) is 35.3 Å². The normalized spacial score (nSPS) is 16.8. The molecule has 1 fully saturated rings. The molecule has 0 atom stereocenters. The standard InChI is InChI=1S/C23H28N6O4/c1-31-18-13-20-19(25-15-18)2-3-22(30)29(20)9-8-28-6-4-16(5-7-28)24-14-17-12-21-23(27-26-17)33-11-10-32-21/h2-3,12-13,15-16,24H,4-11,14H2,1H3. The molecule has 0 unspecified atom stereocenters. The molecule has 10 heteroatoms. The summed E-state index contributed by atoms with van der Waals surface area (Å²) >= 11 is 0. The number of likely N-dealkylation sites (tertiary alicyclic amines) is 1. The highest BCUT2D eigenvalue weighted by Gasteiger charge is 2.20. The third-order valence-corrected chi connectivity index (χ3v) is 6.21. The van der Waals surface area contributed by atoms with Crippen molar-refractivity contribution in [3.63, 3.8) is 0 Å². The molecule has 0 amide bonds. The molecular formula is C23H28N6O4. The van der Waals surface area contributed by atoms with Crippen molar-refractivity contribution in [2.24, 2.45) is 0 Å². The predicted molar refractivity (Wildman–Crippen MR) is 122 cm³/mol. The summed E-state index contributed by atoms with van der Waals surface area (Å²) in [6, 6.07) is 7.54. The van der Waals surface area contributed by atoms with Crippen molar-refractivity contribution in [2.45, 2.75) is 32.0 Å². The number of hydrogen-bond donors (Lipinski definition) is 1. The summed E-state index contributed by atoms with van der Waals surface area (Å²) in [5, 5.41) is 11.9. The maximum Gasteiger partial charge on any atom is 0.276 e. The average Bonchev–Trinajstić information content (AvgIpc) is 2.87. The minimum Gasteiger partial charge on any atom is -0.495 e. The van der Waals surface area contributed by atoms with Crippen molar-refractivity contribution in [1.29, 1.82) is 0 Å². The van der Waals surface area contributed by atoms with Gasteiger partial charge in [-0.2, -0.15) is 5.10 Å². The van der Waals surface area contributed by atoms with Crippen molar-refractivity contribution in [2.75, 3.05) is 40.0 Å². The average molecular weight is 453 g/mol. The zero-order valence-electron chi connectivity index (χ0n) is 18.7. The molecule has 0 saturated carbocycles. The van der Waals surface area contributed by atoms with Crippen LogP contribution < -0.4 is 25.1 Å². The molecule has 0 aromatic carbocycles. The second-order valence-corrected chi connectivity index (χ2v) is 8.30. The zero-order chi connectivity index (χ0) is 22.6. The van der Waals surface area contributed by atoms with Gasteiger partial charge in [-0.3, -0.25) is 9.78 Å². The van der Waals surface area contributed by atoms with Gasteiger partial charge >= 0.3 is 0 Å². The van der Waals surface area contributed by atoms with Crippen LogP contribution in [0.1, 0.15) is 18.5 Å². The summed E-state index contributed by atoms with van der Waals surface area (Å²) in [4.78, 5) is 19.3. The number of fused-ring (bicyclic) bond motifs is 2. The van der Waals surface area contributed by atoms with E-state index in [2.05, 4.69) is 25.4 Å². The van der Waals surface area contributed by atoms with Crippen LogP contribution in [0.3, 0.4) is 0 Å². The Kier molecular flexibility index (Phi) is 6.36. The third-order valence-electron chi connectivity index (χ3n) is 6.21. The van der Waals surface area contributed by atoms with Crippen molar-refractivity contribution >= 4 is 11.0 Å². The fourth-order valence-electron chi connectivity index (χ4n) is 4.32. The Labute approximate surface area is 191 Å². The van der Waals surface area contributed by atoms with E-state index < -0.39 is 0 Å². The molecule has 1 saturated heterocycles. The first-order valence-corrected chi connectivity index (χ1v) is 11.3. The Morgan fingerprint density at radius 1 is 1.12 bits per heavy atom. The number of aromatic nitrogens is 4. The van der Waals surface area contributed by atoms with Crippen molar-refractivity contribution in [3.8, 4) is 17.4 Å². The van der Waals surface area contributed by atoms with Crippen LogP contribution in [0.5, 0.6) is 17.4 Å². The molecule has 0 spiro atoms. The third kappa shape index (κ3) is 4.91. The minimum atomic E-state index is -0.0188. The molecule has 3 aromatic heterocycles. The lowest BCUT2D eigenvalue weighted by molar-refractivity contribution is 0.161. The SMILES string of the molecule is COc1cnc2ccc(=O)n(CCN3CCC(NCc4cc5c(nn4)OCCO5)CC3)c2c1. The van der Waals surface area contributed by atoms with Gasteiger partial charge in [-0.1, -0.05) is 0 Å². The zero-order valence-corrected chi connectivity index (χ0v) is 18.7. The van der Waals surface area contributed by atoms with Crippen molar-refractivity contribution in [1.82, 2.24) is 30.0 Å². The first-order chi connectivity index (χ1) is 16.2. The van der Waals surface area contributed by atoms with Gasteiger partial charge in [-0.25, -0.2) is 0 Å². The van der Waals surface area contributed by atoms with E-state index in [-0.39, 0.29) is 5.56 Å². The summed E-state index contributed by atoms with van der Waals surface area (Å²) in [7, 11) is 1.60. The number of piperidine rings is 1. The molecule has 0 bridgehead atoms. The molecule has 2 aliphatic rings. The fourth-order valence-corrected chi connectivity index (χ4v) is 4.32. The summed E-state index contributed by atoms with van der Waals surface area (Å²) < 4.78 is 18.1. The smallest absolute Gasteiger partial charge is 0.276 e. The highest BCUT2D eigenvalue weighted by molar-refractivity contribution is 5.75. The van der Waals surface area contributed by atoms with Gasteiger partial charge < -0.3 is 29.0 Å². The van der Waals surface area contributed by atoms with Gasteiger partial charge in [0.2, 0.25) is 0 Å². The molecule has 174 valence electrons. The Morgan fingerprint density at radius 3 is 2.82 bits per heavy atom. The largest absolute Gasteiger partial charge is 0.495 e. The maximum atomic E-state index is 12.5. The molecule has 0 radical (unpaired) electrons. The number of hydrogen-bond acceptors (Lipinski definition) is 9. The Balaban J connectivity index is 1.13. The van der Waals surface area contributed by atoms with E-state index in [1.165, 1.54) is 0 Å². The Hall–Kier alpha value is -3.24. The topological polar surface area (TPSA) is 104 Å². The van der Waals surface area contributed by atoms with Gasteiger partial charge in [0.05, 0.1) is 30.0 Å². The van der Waals surface area contributed by atoms with Crippen LogP contribution in [0, 0.1) is 0 Å². The highest BCUT2D eigenvalue weighted by atomic mass is 16.6. The molecule has 5 heterocycles. The lowest BCUT2D eigenvalue weighted by Gasteiger charge is -2.32. The number of ether oxygens (including phenoxy) is 3. The van der Waals surface area contributed by atoms with Crippen molar-refractivity contribution < 1.29 is 14.2 Å². The van der Waals surface area contributed by atoms with E-state index in [1.54, 1.807) is 30.0 Å². The van der Waals surface area contributed by atoms with E-state index in [1.807, 2.05) is 12.1 Å². The number of pyridine rings is 2. The number of nitrogens with zero attached hydrogens (tertiary/aromatic N) is 5. The summed E-state index contributed by atoms with van der Waals surface area (Å²) in [5.74, 6) is 1.79. The van der Waals surface area contributed by atoms with Gasteiger partial charge in [-0.15, -0.1) is 5.10 Å². The molecule has 33 heavy (non-hydrogen) atoms. The van der Waals surface area contributed by atoms with Crippen LogP contribution in [-0.2, 0) is 13.1 Å². The molecule has 5 rings (SSSR count). The molecule has 2 aliphatic heterocycles. The van der Waals surface area contributed by atoms with Crippen LogP contribution in [0.25, 0.3) is 11.0 Å². The Bertz CT molecular complexity index is 1180. The van der Waals surface area contributed by atoms with E-state index in [9.17, 15) is 4.79 Å². The lowest BCUT2D eigenvalue weighted by Crippen LogP contribution is -2.43. The van der Waals surface area contributed by atoms with Gasteiger partial charge in [-0.05, 0) is 32.0 Å². The molecular weight excluding hydrogens is 424 g/mol. The molecule has 1 N–H and O–H groups in total. The summed E-state index contributed by atoms with van der Waals surface area (Å²) in [5.41, 5.74) is 2.43. The molecule has 0 aliphatic carbocycles. The Morgan fingerprint density at radius 2 is 1.97 bits per heavy atom. The van der Waals surface area contributed by atoms with E-state index in [0.717, 1.165) is 49.2 Å². The maximum absolute atomic E-state index is 12.5. The minimum absolute atomic E-state index is 0.0188. The number of rotatable bonds is 7. The van der Waals surface area contributed by atoms with Gasteiger partial charge in [0.1, 0.15) is 19.0 Å². The quantitative estimate of drug-likeness (QED) is 0.567. The number of methoxy groups -OCH3 is 1. The van der Waals surface area contributed by atoms with Gasteiger partial charge in [0.15, 0.2) is 5.75 Å². The fraction of sp³-hybridized carbons (Fsp3) is 0.478. The van der Waals surface area contributed by atoms with E-state index in [4.69, 9.17) is 14.2 Å². The summed E-state index contributed by atoms with van der Waals surface area (Å²) in [6.45, 7) is 5.09. The second-order valence-electron chi connectivity index (χ2n) is 8.30. The van der Waals surface area contributed by atoms with Crippen LogP contribution in [-0.4, -0.2) is 70.6 Å². The lowest BCUT2D eigenvalue weighted by atomic mass is 10.0. The first-order valence-electron chi connectivity index (χ1n) is 11.3. The predicted octanol–water partition coefficient (Wildman–Crippen LogP) is 1.22. The van der Waals surface area contributed by atoms with E-state index in [0.29, 0.717) is 49.7 Å². The van der Waals surface area contributed by atoms with E-state index >= 15 is 0 Å². The molecule has 3 aromatic rings.